The van der Waals surface area contributed by atoms with Gasteiger partial charge in [0.25, 0.3) is 5.91 Å². The minimum atomic E-state index is -1.20. The van der Waals surface area contributed by atoms with Crippen molar-refractivity contribution in [3.05, 3.63) is 23.8 Å². The second kappa shape index (κ2) is 13.5. The molecule has 0 spiro atoms. The Morgan fingerprint density at radius 1 is 0.933 bits per heavy atom. The summed E-state index contributed by atoms with van der Waals surface area (Å²) < 4.78 is 21.8. The maximum absolute atomic E-state index is 12.4. The second-order valence-electron chi connectivity index (χ2n) is 6.57. The Hall–Kier alpha value is -2.77. The minimum absolute atomic E-state index is 0.130. The number of likely N-dealkylation sites (N-methyl/N-ethyl adjacent to an activating group) is 1. The van der Waals surface area contributed by atoms with Crippen molar-refractivity contribution in [1.82, 2.24) is 4.90 Å². The van der Waals surface area contributed by atoms with Crippen molar-refractivity contribution < 1.29 is 33.3 Å². The van der Waals surface area contributed by atoms with Crippen molar-refractivity contribution in [3.8, 4) is 11.5 Å². The summed E-state index contributed by atoms with van der Waals surface area (Å²) in [5.74, 6) is -0.654. The van der Waals surface area contributed by atoms with Crippen LogP contribution in [0, 0.1) is 0 Å². The average Bonchev–Trinajstić information content (AvgIpc) is 2.73. The van der Waals surface area contributed by atoms with Gasteiger partial charge in [-0.2, -0.15) is 0 Å². The van der Waals surface area contributed by atoms with E-state index in [4.69, 9.17) is 18.9 Å². The van der Waals surface area contributed by atoms with E-state index in [0.717, 1.165) is 6.42 Å². The molecule has 1 amide bonds. The number of carbonyl (C=O) groups is 3. The first-order valence-electron chi connectivity index (χ1n) is 10.4. The van der Waals surface area contributed by atoms with Crippen LogP contribution in [0.5, 0.6) is 11.5 Å². The molecule has 1 unspecified atom stereocenters. The van der Waals surface area contributed by atoms with Gasteiger partial charge in [-0.15, -0.1) is 0 Å². The van der Waals surface area contributed by atoms with Gasteiger partial charge in [0.1, 0.15) is 0 Å². The Kier molecular flexibility index (Phi) is 11.3. The van der Waals surface area contributed by atoms with Crippen LogP contribution in [0.3, 0.4) is 0 Å². The van der Waals surface area contributed by atoms with E-state index in [2.05, 4.69) is 0 Å². The third kappa shape index (κ3) is 7.93. The fraction of sp³-hybridized carbons (Fsp3) is 0.591. The van der Waals surface area contributed by atoms with E-state index >= 15 is 0 Å². The van der Waals surface area contributed by atoms with Crippen molar-refractivity contribution in [3.63, 3.8) is 0 Å². The Labute approximate surface area is 178 Å². The van der Waals surface area contributed by atoms with Crippen LogP contribution < -0.4 is 9.47 Å². The first-order valence-corrected chi connectivity index (χ1v) is 10.4. The molecule has 0 fully saturated rings. The molecule has 0 saturated carbocycles. The van der Waals surface area contributed by atoms with E-state index in [0.29, 0.717) is 43.2 Å². The molecule has 0 bridgehead atoms. The minimum Gasteiger partial charge on any atom is -0.490 e. The van der Waals surface area contributed by atoms with Gasteiger partial charge < -0.3 is 23.8 Å². The predicted molar refractivity (Wildman–Crippen MR) is 111 cm³/mol. The van der Waals surface area contributed by atoms with Crippen LogP contribution in [0.1, 0.15) is 59.1 Å². The lowest BCUT2D eigenvalue weighted by atomic mass is 10.1. The zero-order valence-corrected chi connectivity index (χ0v) is 18.6. The van der Waals surface area contributed by atoms with E-state index < -0.39 is 18.0 Å². The molecular weight excluding hydrogens is 390 g/mol. The SMILES string of the molecule is CCCOC(=O)C(OC(C)=O)c1ccc(OCC(=O)N(CC)CC)c(OCCC)c1. The largest absolute Gasteiger partial charge is 0.490 e. The van der Waals surface area contributed by atoms with Gasteiger partial charge in [-0.25, -0.2) is 4.79 Å². The van der Waals surface area contributed by atoms with Gasteiger partial charge in [0.2, 0.25) is 6.10 Å². The number of hydrogen-bond acceptors (Lipinski definition) is 7. The Bertz CT molecular complexity index is 701. The maximum Gasteiger partial charge on any atom is 0.352 e. The molecule has 1 atom stereocenters. The zero-order chi connectivity index (χ0) is 22.5. The molecule has 0 heterocycles. The van der Waals surface area contributed by atoms with Crippen molar-refractivity contribution in [2.75, 3.05) is 32.9 Å². The van der Waals surface area contributed by atoms with Crippen molar-refractivity contribution in [2.45, 2.75) is 53.6 Å². The fourth-order valence-corrected chi connectivity index (χ4v) is 2.64. The van der Waals surface area contributed by atoms with Crippen LogP contribution in [0.25, 0.3) is 0 Å². The highest BCUT2D eigenvalue weighted by Crippen LogP contribution is 2.32. The lowest BCUT2D eigenvalue weighted by Crippen LogP contribution is -2.34. The molecule has 0 aromatic heterocycles. The highest BCUT2D eigenvalue weighted by Gasteiger charge is 2.27. The average molecular weight is 424 g/mol. The number of hydrogen-bond donors (Lipinski definition) is 0. The molecule has 0 radical (unpaired) electrons. The van der Waals surface area contributed by atoms with Gasteiger partial charge in [0.05, 0.1) is 13.2 Å². The molecular formula is C22H33NO7. The Balaban J connectivity index is 3.11. The third-order valence-electron chi connectivity index (χ3n) is 4.15. The molecule has 0 aliphatic carbocycles. The first kappa shape index (κ1) is 25.3. The molecule has 168 valence electrons. The Morgan fingerprint density at radius 2 is 1.60 bits per heavy atom. The normalized spacial score (nSPS) is 11.4. The van der Waals surface area contributed by atoms with Gasteiger partial charge in [-0.3, -0.25) is 9.59 Å². The lowest BCUT2D eigenvalue weighted by molar-refractivity contribution is -0.167. The summed E-state index contributed by atoms with van der Waals surface area (Å²) in [7, 11) is 0. The number of ether oxygens (including phenoxy) is 4. The summed E-state index contributed by atoms with van der Waals surface area (Å²) in [5, 5.41) is 0. The van der Waals surface area contributed by atoms with Gasteiger partial charge in [-0.05, 0) is 38.8 Å². The highest BCUT2D eigenvalue weighted by molar-refractivity contribution is 5.80. The number of benzene rings is 1. The number of nitrogens with zero attached hydrogens (tertiary/aromatic N) is 1. The molecule has 0 N–H and O–H groups in total. The summed E-state index contributed by atoms with van der Waals surface area (Å²) in [6, 6.07) is 4.77. The Morgan fingerprint density at radius 3 is 2.17 bits per heavy atom. The van der Waals surface area contributed by atoms with Gasteiger partial charge >= 0.3 is 11.9 Å². The molecule has 1 aromatic carbocycles. The quantitative estimate of drug-likeness (QED) is 0.450. The summed E-state index contributed by atoms with van der Waals surface area (Å²) in [4.78, 5) is 37.8. The lowest BCUT2D eigenvalue weighted by Gasteiger charge is -2.21. The first-order chi connectivity index (χ1) is 14.4. The standard InChI is InChI=1S/C22H33NO7/c1-6-12-27-19-14-17(21(30-16(5)24)22(26)28-13-7-2)10-11-18(19)29-15-20(25)23(8-3)9-4/h10-11,14,21H,6-9,12-13,15H2,1-5H3. The molecule has 0 aliphatic heterocycles. The van der Waals surface area contributed by atoms with Crippen LogP contribution in [0.4, 0.5) is 0 Å². The molecule has 0 aliphatic rings. The van der Waals surface area contributed by atoms with Crippen LogP contribution in [-0.2, 0) is 23.9 Å². The smallest absolute Gasteiger partial charge is 0.352 e. The van der Waals surface area contributed by atoms with Crippen molar-refractivity contribution in [1.29, 1.82) is 0 Å². The van der Waals surface area contributed by atoms with Crippen molar-refractivity contribution >= 4 is 17.8 Å². The second-order valence-corrected chi connectivity index (χ2v) is 6.57. The number of rotatable bonds is 13. The van der Waals surface area contributed by atoms with Gasteiger partial charge in [0.15, 0.2) is 18.1 Å². The summed E-state index contributed by atoms with van der Waals surface area (Å²) in [5.41, 5.74) is 0.403. The van der Waals surface area contributed by atoms with E-state index in [9.17, 15) is 14.4 Å². The molecule has 0 saturated heterocycles. The zero-order valence-electron chi connectivity index (χ0n) is 18.6. The van der Waals surface area contributed by atoms with E-state index in [-0.39, 0.29) is 19.1 Å². The van der Waals surface area contributed by atoms with Crippen LogP contribution in [-0.4, -0.2) is 55.7 Å². The topological polar surface area (TPSA) is 91.4 Å². The van der Waals surface area contributed by atoms with Crippen molar-refractivity contribution in [2.24, 2.45) is 0 Å². The number of esters is 2. The monoisotopic (exact) mass is 423 g/mol. The van der Waals surface area contributed by atoms with Crippen LogP contribution >= 0.6 is 0 Å². The highest BCUT2D eigenvalue weighted by atomic mass is 16.6. The molecule has 8 nitrogen and oxygen atoms in total. The summed E-state index contributed by atoms with van der Waals surface area (Å²) in [6.07, 6.45) is 0.203. The molecule has 1 aromatic rings. The molecule has 1 rings (SSSR count). The van der Waals surface area contributed by atoms with Gasteiger partial charge in [-0.1, -0.05) is 19.9 Å². The maximum atomic E-state index is 12.4. The molecule has 30 heavy (non-hydrogen) atoms. The van der Waals surface area contributed by atoms with E-state index in [1.165, 1.54) is 6.92 Å². The van der Waals surface area contributed by atoms with E-state index in [1.54, 1.807) is 23.1 Å². The molecule has 8 heteroatoms. The summed E-state index contributed by atoms with van der Waals surface area (Å²) in [6.45, 7) is 10.6. The van der Waals surface area contributed by atoms with Crippen LogP contribution in [0.2, 0.25) is 0 Å². The van der Waals surface area contributed by atoms with Crippen LogP contribution in [0.15, 0.2) is 18.2 Å². The number of carbonyl (C=O) groups excluding carboxylic acids is 3. The third-order valence-corrected chi connectivity index (χ3v) is 4.15. The predicted octanol–water partition coefficient (Wildman–Crippen LogP) is 3.28. The fourth-order valence-electron chi connectivity index (χ4n) is 2.64. The number of amides is 1. The van der Waals surface area contributed by atoms with E-state index in [1.807, 2.05) is 27.7 Å². The van der Waals surface area contributed by atoms with Gasteiger partial charge in [0, 0.05) is 25.6 Å². The summed E-state index contributed by atoms with van der Waals surface area (Å²) >= 11 is 0.